The lowest BCUT2D eigenvalue weighted by Crippen LogP contribution is -2.32. The van der Waals surface area contributed by atoms with Crippen molar-refractivity contribution in [2.24, 2.45) is 0 Å². The van der Waals surface area contributed by atoms with Crippen LogP contribution < -0.4 is 10.1 Å². The predicted octanol–water partition coefficient (Wildman–Crippen LogP) is 7.36. The molecular formula is C31H24F5N3O2. The standard InChI is InChI=1S/C31H24F5N3O2/c1-18-11-19(13-23(33)12-18)14-28(39-29(40)15-21-17-38-27-9-6-22(32)16-26(21)27)30-25(3-2-10-37-30)20-4-7-24(8-5-20)41-31(34,35)36/h2-13,16-17,28,38H,14-15H2,1H3,(H,39,40)/t28-/m0/s1. The second-order valence-electron chi connectivity index (χ2n) is 9.65. The average molecular weight is 566 g/mol. The summed E-state index contributed by atoms with van der Waals surface area (Å²) in [6, 6.07) is 16.8. The fourth-order valence-electron chi connectivity index (χ4n) is 4.87. The minimum Gasteiger partial charge on any atom is -0.406 e. The van der Waals surface area contributed by atoms with Gasteiger partial charge in [-0.1, -0.05) is 24.3 Å². The maximum absolute atomic E-state index is 14.2. The molecule has 3 aromatic carbocycles. The molecule has 0 fully saturated rings. The van der Waals surface area contributed by atoms with E-state index >= 15 is 0 Å². The fourth-order valence-corrected chi connectivity index (χ4v) is 4.87. The molecule has 2 aromatic heterocycles. The van der Waals surface area contributed by atoms with E-state index in [0.29, 0.717) is 44.4 Å². The van der Waals surface area contributed by atoms with Crippen molar-refractivity contribution < 1.29 is 31.5 Å². The average Bonchev–Trinajstić information content (AvgIpc) is 3.28. The molecule has 0 aliphatic heterocycles. The summed E-state index contributed by atoms with van der Waals surface area (Å²) < 4.78 is 70.0. The fraction of sp³-hybridized carbons (Fsp3) is 0.161. The molecule has 0 saturated heterocycles. The first kappa shape index (κ1) is 27.8. The molecule has 0 unspecified atom stereocenters. The van der Waals surface area contributed by atoms with Gasteiger partial charge in [-0.2, -0.15) is 0 Å². The molecule has 5 rings (SSSR count). The molecule has 0 bridgehead atoms. The number of ether oxygens (including phenoxy) is 1. The highest BCUT2D eigenvalue weighted by Gasteiger charge is 2.31. The zero-order valence-corrected chi connectivity index (χ0v) is 21.7. The summed E-state index contributed by atoms with van der Waals surface area (Å²) in [5, 5.41) is 3.57. The van der Waals surface area contributed by atoms with Gasteiger partial charge in [0, 0.05) is 28.9 Å². The molecule has 210 valence electrons. The van der Waals surface area contributed by atoms with E-state index in [2.05, 4.69) is 20.0 Å². The molecule has 2 N–H and O–H groups in total. The molecule has 5 aromatic rings. The topological polar surface area (TPSA) is 67.0 Å². The SMILES string of the molecule is Cc1cc(F)cc(C[C@H](NC(=O)Cc2c[nH]c3ccc(F)cc23)c2ncccc2-c2ccc(OC(F)(F)F)cc2)c1. The quantitative estimate of drug-likeness (QED) is 0.193. The zero-order valence-electron chi connectivity index (χ0n) is 21.7. The molecule has 0 saturated carbocycles. The summed E-state index contributed by atoms with van der Waals surface area (Å²) in [6.07, 6.45) is -1.51. The highest BCUT2D eigenvalue weighted by molar-refractivity contribution is 5.89. The number of aromatic amines is 1. The Morgan fingerprint density at radius 1 is 1.00 bits per heavy atom. The number of aromatic nitrogens is 2. The second-order valence-corrected chi connectivity index (χ2v) is 9.65. The van der Waals surface area contributed by atoms with Gasteiger partial charge in [-0.3, -0.25) is 9.78 Å². The van der Waals surface area contributed by atoms with Crippen molar-refractivity contribution in [2.45, 2.75) is 32.2 Å². The van der Waals surface area contributed by atoms with Crippen LogP contribution in [0.5, 0.6) is 5.75 Å². The number of carbonyl (C=O) groups is 1. The number of amides is 1. The summed E-state index contributed by atoms with van der Waals surface area (Å²) in [5.74, 6) is -1.60. The van der Waals surface area contributed by atoms with E-state index in [1.54, 1.807) is 43.6 Å². The first-order valence-corrected chi connectivity index (χ1v) is 12.7. The number of rotatable bonds is 8. The van der Waals surface area contributed by atoms with Crippen molar-refractivity contribution in [3.8, 4) is 16.9 Å². The number of H-pyrrole nitrogens is 1. The Morgan fingerprint density at radius 2 is 1.78 bits per heavy atom. The van der Waals surface area contributed by atoms with Crippen molar-refractivity contribution >= 4 is 16.8 Å². The van der Waals surface area contributed by atoms with Gasteiger partial charge in [0.1, 0.15) is 17.4 Å². The van der Waals surface area contributed by atoms with E-state index in [4.69, 9.17) is 0 Å². The lowest BCUT2D eigenvalue weighted by atomic mass is 9.94. The van der Waals surface area contributed by atoms with Gasteiger partial charge in [0.05, 0.1) is 18.2 Å². The van der Waals surface area contributed by atoms with Crippen LogP contribution in [-0.4, -0.2) is 22.2 Å². The van der Waals surface area contributed by atoms with Gasteiger partial charge in [-0.15, -0.1) is 13.2 Å². The van der Waals surface area contributed by atoms with Crippen LogP contribution in [-0.2, 0) is 17.6 Å². The summed E-state index contributed by atoms with van der Waals surface area (Å²) in [7, 11) is 0. The number of pyridine rings is 1. The molecule has 0 radical (unpaired) electrons. The Balaban J connectivity index is 1.48. The lowest BCUT2D eigenvalue weighted by molar-refractivity contribution is -0.274. The van der Waals surface area contributed by atoms with Gasteiger partial charge in [-0.25, -0.2) is 8.78 Å². The Bertz CT molecular complexity index is 1680. The van der Waals surface area contributed by atoms with Gasteiger partial charge in [0.15, 0.2) is 0 Å². The largest absolute Gasteiger partial charge is 0.573 e. The summed E-state index contributed by atoms with van der Waals surface area (Å²) in [6.45, 7) is 1.76. The summed E-state index contributed by atoms with van der Waals surface area (Å²) in [5.41, 5.74) is 4.16. The first-order valence-electron chi connectivity index (χ1n) is 12.7. The maximum atomic E-state index is 14.2. The van der Waals surface area contributed by atoms with E-state index in [0.717, 1.165) is 0 Å². The number of fused-ring (bicyclic) bond motifs is 1. The molecular weight excluding hydrogens is 541 g/mol. The van der Waals surface area contributed by atoms with Gasteiger partial charge < -0.3 is 15.0 Å². The van der Waals surface area contributed by atoms with E-state index in [1.165, 1.54) is 48.5 Å². The molecule has 1 atom stereocenters. The molecule has 0 aliphatic rings. The highest BCUT2D eigenvalue weighted by atomic mass is 19.4. The normalized spacial score (nSPS) is 12.3. The van der Waals surface area contributed by atoms with Gasteiger partial charge in [0.25, 0.3) is 0 Å². The monoisotopic (exact) mass is 565 g/mol. The van der Waals surface area contributed by atoms with Crippen molar-refractivity contribution in [3.63, 3.8) is 0 Å². The third-order valence-electron chi connectivity index (χ3n) is 6.52. The van der Waals surface area contributed by atoms with E-state index < -0.39 is 24.0 Å². The first-order chi connectivity index (χ1) is 19.5. The number of hydrogen-bond acceptors (Lipinski definition) is 3. The number of benzene rings is 3. The van der Waals surface area contributed by atoms with Crippen LogP contribution in [0.15, 0.2) is 85.2 Å². The van der Waals surface area contributed by atoms with Crippen LogP contribution in [0.4, 0.5) is 22.0 Å². The number of hydrogen-bond donors (Lipinski definition) is 2. The van der Waals surface area contributed by atoms with Crippen LogP contribution in [0.3, 0.4) is 0 Å². The van der Waals surface area contributed by atoms with E-state index in [1.807, 2.05) is 0 Å². The zero-order chi connectivity index (χ0) is 29.1. The molecule has 10 heteroatoms. The van der Waals surface area contributed by atoms with Crippen molar-refractivity contribution in [2.75, 3.05) is 0 Å². The smallest absolute Gasteiger partial charge is 0.406 e. The van der Waals surface area contributed by atoms with Crippen LogP contribution >= 0.6 is 0 Å². The molecule has 41 heavy (non-hydrogen) atoms. The van der Waals surface area contributed by atoms with E-state index in [-0.39, 0.29) is 24.5 Å². The van der Waals surface area contributed by atoms with Crippen molar-refractivity contribution in [1.29, 1.82) is 0 Å². The van der Waals surface area contributed by atoms with Gasteiger partial charge >= 0.3 is 6.36 Å². The van der Waals surface area contributed by atoms with Gasteiger partial charge in [-0.05, 0) is 84.1 Å². The van der Waals surface area contributed by atoms with Crippen LogP contribution in [0.1, 0.15) is 28.4 Å². The third kappa shape index (κ3) is 6.89. The molecule has 0 spiro atoms. The van der Waals surface area contributed by atoms with E-state index in [9.17, 15) is 26.7 Å². The Hall–Kier alpha value is -4.73. The van der Waals surface area contributed by atoms with Crippen LogP contribution in [0.2, 0.25) is 0 Å². The number of halogens is 5. The van der Waals surface area contributed by atoms with Crippen molar-refractivity contribution in [1.82, 2.24) is 15.3 Å². The summed E-state index contributed by atoms with van der Waals surface area (Å²) >= 11 is 0. The van der Waals surface area contributed by atoms with Crippen molar-refractivity contribution in [3.05, 3.63) is 119 Å². The minimum atomic E-state index is -4.82. The van der Waals surface area contributed by atoms with Gasteiger partial charge in [0.2, 0.25) is 5.91 Å². The summed E-state index contributed by atoms with van der Waals surface area (Å²) in [4.78, 5) is 20.9. The number of carbonyl (C=O) groups excluding carboxylic acids is 1. The number of aryl methyl sites for hydroxylation is 1. The maximum Gasteiger partial charge on any atom is 0.573 e. The Morgan fingerprint density at radius 3 is 2.51 bits per heavy atom. The molecule has 5 nitrogen and oxygen atoms in total. The second kappa shape index (κ2) is 11.4. The Labute approximate surface area is 232 Å². The highest BCUT2D eigenvalue weighted by Crippen LogP contribution is 2.32. The molecule has 1 amide bonds. The third-order valence-corrected chi connectivity index (χ3v) is 6.52. The minimum absolute atomic E-state index is 0.0617. The number of alkyl halides is 3. The van der Waals surface area contributed by atoms with Crippen LogP contribution in [0.25, 0.3) is 22.0 Å². The number of nitrogens with one attached hydrogen (secondary N) is 2. The molecule has 0 aliphatic carbocycles. The molecule has 2 heterocycles. The van der Waals surface area contributed by atoms with Crippen LogP contribution in [0, 0.1) is 18.6 Å². The number of nitrogens with zero attached hydrogens (tertiary/aromatic N) is 1. The predicted molar refractivity (Wildman–Crippen MR) is 144 cm³/mol. The Kier molecular flexibility index (Phi) is 7.74. The lowest BCUT2D eigenvalue weighted by Gasteiger charge is -2.22.